The molecule has 0 aliphatic heterocycles. The zero-order valence-electron chi connectivity index (χ0n) is 12.0. The first-order valence-corrected chi connectivity index (χ1v) is 6.70. The van der Waals surface area contributed by atoms with Crippen LogP contribution in [0, 0.1) is 6.92 Å². The van der Waals surface area contributed by atoms with E-state index >= 15 is 0 Å². The third-order valence-corrected chi connectivity index (χ3v) is 2.99. The second kappa shape index (κ2) is 6.23. The van der Waals surface area contributed by atoms with Gasteiger partial charge in [-0.05, 0) is 32.9 Å². The standard InChI is InChI=1S/C15H20N4O/c1-10(2)18-14-7-5-4-6-13(14)15(20)16-8-12-9-17-19-11(12)3/h4-7,9-10,18H,8H2,1-3H3,(H,16,20)(H,17,19). The molecule has 5 nitrogen and oxygen atoms in total. The van der Waals surface area contributed by atoms with Crippen molar-refractivity contribution in [1.82, 2.24) is 15.5 Å². The summed E-state index contributed by atoms with van der Waals surface area (Å²) in [6.45, 7) is 6.49. The first-order chi connectivity index (χ1) is 9.58. The van der Waals surface area contributed by atoms with Crippen molar-refractivity contribution >= 4 is 11.6 Å². The quantitative estimate of drug-likeness (QED) is 0.783. The monoisotopic (exact) mass is 272 g/mol. The van der Waals surface area contributed by atoms with Crippen molar-refractivity contribution in [3.8, 4) is 0 Å². The lowest BCUT2D eigenvalue weighted by Gasteiger charge is -2.14. The van der Waals surface area contributed by atoms with E-state index in [1.165, 1.54) is 0 Å². The summed E-state index contributed by atoms with van der Waals surface area (Å²) in [7, 11) is 0. The van der Waals surface area contributed by atoms with E-state index in [-0.39, 0.29) is 11.9 Å². The molecule has 0 aliphatic carbocycles. The van der Waals surface area contributed by atoms with Gasteiger partial charge in [-0.25, -0.2) is 0 Å². The van der Waals surface area contributed by atoms with Crippen molar-refractivity contribution < 1.29 is 4.79 Å². The van der Waals surface area contributed by atoms with Gasteiger partial charge in [0.15, 0.2) is 0 Å². The van der Waals surface area contributed by atoms with E-state index in [2.05, 4.69) is 20.8 Å². The fraction of sp³-hybridized carbons (Fsp3) is 0.333. The molecule has 1 aromatic carbocycles. The van der Waals surface area contributed by atoms with Crippen molar-refractivity contribution in [3.05, 3.63) is 47.3 Å². The number of rotatable bonds is 5. The molecule has 2 rings (SSSR count). The molecule has 0 unspecified atom stereocenters. The third-order valence-electron chi connectivity index (χ3n) is 2.99. The summed E-state index contributed by atoms with van der Waals surface area (Å²) in [5.41, 5.74) is 3.47. The Hall–Kier alpha value is -2.30. The average Bonchev–Trinajstić information content (AvgIpc) is 2.81. The number of aryl methyl sites for hydroxylation is 1. The number of carbonyl (C=O) groups excluding carboxylic acids is 1. The lowest BCUT2D eigenvalue weighted by molar-refractivity contribution is 0.0951. The Balaban J connectivity index is 2.07. The number of carbonyl (C=O) groups is 1. The van der Waals surface area contributed by atoms with E-state index in [1.807, 2.05) is 45.0 Å². The Morgan fingerprint density at radius 2 is 2.10 bits per heavy atom. The summed E-state index contributed by atoms with van der Waals surface area (Å²) in [4.78, 5) is 12.3. The topological polar surface area (TPSA) is 69.8 Å². The molecule has 0 aliphatic rings. The minimum Gasteiger partial charge on any atom is -0.382 e. The van der Waals surface area contributed by atoms with Gasteiger partial charge < -0.3 is 10.6 Å². The summed E-state index contributed by atoms with van der Waals surface area (Å²) >= 11 is 0. The Morgan fingerprint density at radius 3 is 2.75 bits per heavy atom. The Kier molecular flexibility index (Phi) is 4.40. The smallest absolute Gasteiger partial charge is 0.253 e. The van der Waals surface area contributed by atoms with Crippen molar-refractivity contribution in [3.63, 3.8) is 0 Å². The van der Waals surface area contributed by atoms with Gasteiger partial charge >= 0.3 is 0 Å². The number of H-pyrrole nitrogens is 1. The van der Waals surface area contributed by atoms with Crippen molar-refractivity contribution in [2.24, 2.45) is 0 Å². The van der Waals surface area contributed by atoms with Crippen molar-refractivity contribution in [2.75, 3.05) is 5.32 Å². The van der Waals surface area contributed by atoms with E-state index < -0.39 is 0 Å². The van der Waals surface area contributed by atoms with Gasteiger partial charge in [0, 0.05) is 29.5 Å². The normalized spacial score (nSPS) is 10.6. The molecular formula is C15H20N4O. The number of aromatic nitrogens is 2. The first kappa shape index (κ1) is 14.1. The molecule has 0 saturated heterocycles. The van der Waals surface area contributed by atoms with Crippen LogP contribution in [0.5, 0.6) is 0 Å². The van der Waals surface area contributed by atoms with Crippen LogP contribution in [-0.2, 0) is 6.54 Å². The van der Waals surface area contributed by atoms with E-state index in [0.717, 1.165) is 16.9 Å². The number of para-hydroxylation sites is 1. The van der Waals surface area contributed by atoms with Crippen LogP contribution in [-0.4, -0.2) is 22.1 Å². The SMILES string of the molecule is Cc1[nH]ncc1CNC(=O)c1ccccc1NC(C)C. The first-order valence-electron chi connectivity index (χ1n) is 6.70. The van der Waals surface area contributed by atoms with Gasteiger partial charge in [0.25, 0.3) is 5.91 Å². The third kappa shape index (κ3) is 3.38. The van der Waals surface area contributed by atoms with Crippen molar-refractivity contribution in [1.29, 1.82) is 0 Å². The number of aromatic amines is 1. The molecule has 0 bridgehead atoms. The minimum absolute atomic E-state index is 0.0886. The zero-order chi connectivity index (χ0) is 14.5. The molecule has 0 atom stereocenters. The summed E-state index contributed by atoms with van der Waals surface area (Å²) in [5.74, 6) is -0.0886. The number of nitrogens with zero attached hydrogens (tertiary/aromatic N) is 1. The van der Waals surface area contributed by atoms with Crippen LogP contribution in [0.25, 0.3) is 0 Å². The second-order valence-corrected chi connectivity index (χ2v) is 5.05. The van der Waals surface area contributed by atoms with Gasteiger partial charge in [-0.1, -0.05) is 12.1 Å². The van der Waals surface area contributed by atoms with Crippen molar-refractivity contribution in [2.45, 2.75) is 33.4 Å². The maximum Gasteiger partial charge on any atom is 0.253 e. The Bertz CT molecular complexity index is 589. The molecule has 0 spiro atoms. The molecule has 2 aromatic rings. The number of hydrogen-bond donors (Lipinski definition) is 3. The number of anilines is 1. The lowest BCUT2D eigenvalue weighted by atomic mass is 10.1. The second-order valence-electron chi connectivity index (χ2n) is 5.05. The highest BCUT2D eigenvalue weighted by Crippen LogP contribution is 2.16. The van der Waals surface area contributed by atoms with E-state index in [4.69, 9.17) is 0 Å². The fourth-order valence-corrected chi connectivity index (χ4v) is 1.94. The van der Waals surface area contributed by atoms with Crippen LogP contribution < -0.4 is 10.6 Å². The number of nitrogens with one attached hydrogen (secondary N) is 3. The van der Waals surface area contributed by atoms with Gasteiger partial charge in [0.05, 0.1) is 11.8 Å². The highest BCUT2D eigenvalue weighted by Gasteiger charge is 2.11. The molecular weight excluding hydrogens is 252 g/mol. The summed E-state index contributed by atoms with van der Waals surface area (Å²) < 4.78 is 0. The maximum absolute atomic E-state index is 12.3. The molecule has 0 saturated carbocycles. The zero-order valence-corrected chi connectivity index (χ0v) is 12.0. The predicted molar refractivity (Wildman–Crippen MR) is 79.7 cm³/mol. The molecule has 1 aromatic heterocycles. The van der Waals surface area contributed by atoms with Crippen LogP contribution in [0.2, 0.25) is 0 Å². The maximum atomic E-state index is 12.3. The minimum atomic E-state index is -0.0886. The van der Waals surface area contributed by atoms with Crippen LogP contribution in [0.15, 0.2) is 30.5 Å². The van der Waals surface area contributed by atoms with E-state index in [1.54, 1.807) is 6.20 Å². The number of hydrogen-bond acceptors (Lipinski definition) is 3. The molecule has 1 amide bonds. The largest absolute Gasteiger partial charge is 0.382 e. The number of amides is 1. The Labute approximate surface area is 118 Å². The molecule has 3 N–H and O–H groups in total. The predicted octanol–water partition coefficient (Wildman–Crippen LogP) is 2.47. The Morgan fingerprint density at radius 1 is 1.35 bits per heavy atom. The molecule has 20 heavy (non-hydrogen) atoms. The van der Waals surface area contributed by atoms with Crippen LogP contribution in [0.4, 0.5) is 5.69 Å². The highest BCUT2D eigenvalue weighted by molar-refractivity contribution is 5.99. The van der Waals surface area contributed by atoms with Gasteiger partial charge in [-0.15, -0.1) is 0 Å². The molecule has 5 heteroatoms. The van der Waals surface area contributed by atoms with Crippen LogP contribution in [0.3, 0.4) is 0 Å². The lowest BCUT2D eigenvalue weighted by Crippen LogP contribution is -2.24. The molecule has 106 valence electrons. The van der Waals surface area contributed by atoms with Gasteiger partial charge in [0.1, 0.15) is 0 Å². The van der Waals surface area contributed by atoms with Crippen LogP contribution >= 0.6 is 0 Å². The van der Waals surface area contributed by atoms with Gasteiger partial charge in [-0.3, -0.25) is 9.89 Å². The van der Waals surface area contributed by atoms with Crippen LogP contribution in [0.1, 0.15) is 35.5 Å². The summed E-state index contributed by atoms with van der Waals surface area (Å²) in [6, 6.07) is 7.80. The van der Waals surface area contributed by atoms with E-state index in [9.17, 15) is 4.79 Å². The average molecular weight is 272 g/mol. The molecule has 0 fully saturated rings. The van der Waals surface area contributed by atoms with Gasteiger partial charge in [-0.2, -0.15) is 5.10 Å². The molecule has 0 radical (unpaired) electrons. The summed E-state index contributed by atoms with van der Waals surface area (Å²) in [5, 5.41) is 13.0. The fourth-order valence-electron chi connectivity index (χ4n) is 1.94. The highest BCUT2D eigenvalue weighted by atomic mass is 16.1. The van der Waals surface area contributed by atoms with E-state index in [0.29, 0.717) is 12.1 Å². The number of benzene rings is 1. The molecule has 1 heterocycles. The summed E-state index contributed by atoms with van der Waals surface area (Å²) in [6.07, 6.45) is 1.73. The van der Waals surface area contributed by atoms with Gasteiger partial charge in [0.2, 0.25) is 0 Å².